The molecule has 8 nitrogen and oxygen atoms in total. The predicted octanol–water partition coefficient (Wildman–Crippen LogP) is 6.46. The second-order valence-electron chi connectivity index (χ2n) is 9.21. The molecule has 0 radical (unpaired) electrons. The third kappa shape index (κ3) is 13.1. The molecule has 0 bridgehead atoms. The van der Waals surface area contributed by atoms with Crippen LogP contribution in [0.4, 0.5) is 18.9 Å². The number of rotatable bonds is 13. The molecule has 13 heteroatoms. The molecule has 0 aliphatic rings. The summed E-state index contributed by atoms with van der Waals surface area (Å²) < 4.78 is 83.8. The number of para-hydroxylation sites is 1. The lowest BCUT2D eigenvalue weighted by Crippen LogP contribution is -2.21. The number of halogens is 3. The average molecular weight is 646 g/mol. The Labute approximate surface area is 254 Å². The van der Waals surface area contributed by atoms with Crippen molar-refractivity contribution >= 4 is 26.7 Å². The van der Waals surface area contributed by atoms with Gasteiger partial charge in [-0.3, -0.25) is 0 Å². The summed E-state index contributed by atoms with van der Waals surface area (Å²) >= 11 is 0. The van der Waals surface area contributed by atoms with Crippen molar-refractivity contribution in [2.75, 3.05) is 38.0 Å². The molecule has 3 aromatic rings. The maximum Gasteiger partial charge on any atom is 0.401 e. The van der Waals surface area contributed by atoms with E-state index >= 15 is 0 Å². The Balaban J connectivity index is 0.000000621. The highest BCUT2D eigenvalue weighted by atomic mass is 32.2. The van der Waals surface area contributed by atoms with Crippen molar-refractivity contribution in [2.45, 2.75) is 61.1 Å². The first-order valence-electron chi connectivity index (χ1n) is 13.4. The molecule has 238 valence electrons. The van der Waals surface area contributed by atoms with Gasteiger partial charge in [0, 0.05) is 27.3 Å². The summed E-state index contributed by atoms with van der Waals surface area (Å²) in [5.41, 5.74) is 1.20. The second-order valence-corrected chi connectivity index (χ2v) is 12.6. The van der Waals surface area contributed by atoms with Crippen LogP contribution >= 0.6 is 0 Å². The fourth-order valence-corrected chi connectivity index (χ4v) is 6.49. The zero-order valence-corrected chi connectivity index (χ0v) is 26.6. The average Bonchev–Trinajstić information content (AvgIpc) is 2.89. The van der Waals surface area contributed by atoms with Crippen LogP contribution in [-0.2, 0) is 30.5 Å². The van der Waals surface area contributed by atoms with Gasteiger partial charge in [0.2, 0.25) is 0 Å². The van der Waals surface area contributed by atoms with Crippen LogP contribution in [0.25, 0.3) is 0 Å². The van der Waals surface area contributed by atoms with Crippen molar-refractivity contribution in [3.05, 3.63) is 72.8 Å². The monoisotopic (exact) mass is 645 g/mol. The molecule has 3 aromatic carbocycles. The van der Waals surface area contributed by atoms with E-state index in [1.54, 1.807) is 0 Å². The lowest BCUT2D eigenvalue weighted by molar-refractivity contribution is -0.107. The van der Waals surface area contributed by atoms with Crippen LogP contribution in [-0.4, -0.2) is 64.8 Å². The molecule has 0 saturated heterocycles. The number of hydrogen-bond acceptors (Lipinski definition) is 8. The van der Waals surface area contributed by atoms with Crippen LogP contribution < -0.4 is 14.4 Å². The Morgan fingerprint density at radius 1 is 0.791 bits per heavy atom. The Hall–Kier alpha value is -2.97. The predicted molar refractivity (Wildman–Crippen MR) is 160 cm³/mol. The molecule has 0 fully saturated rings. The zero-order chi connectivity index (χ0) is 32.2. The molecule has 0 aliphatic carbocycles. The van der Waals surface area contributed by atoms with Crippen molar-refractivity contribution in [3.63, 3.8) is 0 Å². The third-order valence-corrected chi connectivity index (χ3v) is 8.39. The molecule has 0 spiro atoms. The first kappa shape index (κ1) is 36.2. The summed E-state index contributed by atoms with van der Waals surface area (Å²) in [5, 5.41) is 0. The number of anilines is 1. The van der Waals surface area contributed by atoms with Crippen molar-refractivity contribution < 1.29 is 45.1 Å². The maximum atomic E-state index is 11.0. The van der Waals surface area contributed by atoms with E-state index in [1.807, 2.05) is 52.0 Å². The van der Waals surface area contributed by atoms with Crippen LogP contribution in [0.5, 0.6) is 11.5 Å². The van der Waals surface area contributed by atoms with Gasteiger partial charge in [0.1, 0.15) is 38.3 Å². The minimum absolute atomic E-state index is 0.282. The normalized spacial score (nSPS) is 13.7. The Morgan fingerprint density at radius 3 is 1.53 bits per heavy atom. The Kier molecular flexibility index (Phi) is 14.1. The zero-order valence-electron chi connectivity index (χ0n) is 25.0. The van der Waals surface area contributed by atoms with Gasteiger partial charge in [0.15, 0.2) is 27.3 Å². The molecule has 2 unspecified atom stereocenters. The Bertz CT molecular complexity index is 1300. The first-order chi connectivity index (χ1) is 20.1. The molecular formula is C30H38F3NO7S2. The van der Waals surface area contributed by atoms with Gasteiger partial charge in [-0.2, -0.15) is 13.2 Å². The molecule has 0 aliphatic heterocycles. The minimum Gasteiger partial charge on any atom is -0.748 e. The molecular weight excluding hydrogens is 607 g/mol. The lowest BCUT2D eigenvalue weighted by atomic mass is 10.3. The highest BCUT2D eigenvalue weighted by Gasteiger charge is 2.32. The number of alkyl halides is 3. The van der Waals surface area contributed by atoms with E-state index < -0.39 is 22.0 Å². The van der Waals surface area contributed by atoms with E-state index in [0.717, 1.165) is 11.5 Å². The van der Waals surface area contributed by atoms with Gasteiger partial charge < -0.3 is 28.4 Å². The quantitative estimate of drug-likeness (QED) is 0.119. The topological polar surface area (TPSA) is 97.4 Å². The van der Waals surface area contributed by atoms with Gasteiger partial charge in [-0.1, -0.05) is 12.1 Å². The van der Waals surface area contributed by atoms with Crippen LogP contribution in [0.2, 0.25) is 0 Å². The summed E-state index contributed by atoms with van der Waals surface area (Å²) in [7, 11) is -1.30. The summed E-state index contributed by atoms with van der Waals surface area (Å²) in [6.45, 7) is 8.98. The van der Waals surface area contributed by atoms with Crippen molar-refractivity contribution in [3.8, 4) is 11.5 Å². The van der Waals surface area contributed by atoms with Gasteiger partial charge in [-0.15, -0.1) is 0 Å². The van der Waals surface area contributed by atoms with Crippen molar-refractivity contribution in [2.24, 2.45) is 0 Å². The van der Waals surface area contributed by atoms with E-state index in [4.69, 9.17) is 18.9 Å². The number of nitrogens with zero attached hydrogens (tertiary/aromatic N) is 1. The van der Waals surface area contributed by atoms with Crippen LogP contribution in [0.3, 0.4) is 0 Å². The Morgan fingerprint density at radius 2 is 1.21 bits per heavy atom. The van der Waals surface area contributed by atoms with Crippen molar-refractivity contribution in [1.82, 2.24) is 0 Å². The van der Waals surface area contributed by atoms with Gasteiger partial charge in [-0.25, -0.2) is 8.42 Å². The summed E-state index contributed by atoms with van der Waals surface area (Å²) in [5.74, 6) is -0.703. The summed E-state index contributed by atoms with van der Waals surface area (Å²) in [4.78, 5) is 5.85. The minimum atomic E-state index is -5.16. The lowest BCUT2D eigenvalue weighted by Gasteiger charge is -2.18. The van der Waals surface area contributed by atoms with Gasteiger partial charge in [0.05, 0.1) is 5.69 Å². The van der Waals surface area contributed by atoms with Crippen LogP contribution in [0.15, 0.2) is 87.5 Å². The van der Waals surface area contributed by atoms with E-state index in [9.17, 15) is 26.1 Å². The van der Waals surface area contributed by atoms with E-state index in [-0.39, 0.29) is 23.5 Å². The third-order valence-electron chi connectivity index (χ3n) is 5.43. The number of benzene rings is 3. The summed E-state index contributed by atoms with van der Waals surface area (Å²) in [6, 6.07) is 25.2. The summed E-state index contributed by atoms with van der Waals surface area (Å²) in [6.07, 6.45) is -5.48. The van der Waals surface area contributed by atoms with Gasteiger partial charge in [-0.05, 0) is 88.4 Å². The van der Waals surface area contributed by atoms with Crippen molar-refractivity contribution in [1.29, 1.82) is 0 Å². The van der Waals surface area contributed by atoms with E-state index in [2.05, 4.69) is 67.5 Å². The highest BCUT2D eigenvalue weighted by molar-refractivity contribution is 7.97. The SMILES string of the molecule is CCOC(C)Oc1ccc([S+](c2ccc(OC(C)OCC)cc2)c2ccccc2N(C)C)cc1.O=S(=O)([O-])CC(F)(F)F. The fraction of sp³-hybridized carbons (Fsp3) is 0.400. The second kappa shape index (κ2) is 16.8. The highest BCUT2D eigenvalue weighted by Crippen LogP contribution is 2.37. The smallest absolute Gasteiger partial charge is 0.401 e. The molecule has 0 aromatic heterocycles. The standard InChI is InChI=1S/C28H36NO4S.C2H3F3O3S/c1-7-30-21(3)32-23-13-17-25(18-14-23)34(28-12-10-9-11-27(28)29(5)6)26-19-15-24(16-20-26)33-22(4)31-8-2;3-2(4,5)1-9(6,7)8/h9-22H,7-8H2,1-6H3;1H2,(H,6,7,8)/q+1;/p-1. The van der Waals surface area contributed by atoms with E-state index in [1.165, 1.54) is 20.4 Å². The van der Waals surface area contributed by atoms with Crippen LogP contribution in [0.1, 0.15) is 27.7 Å². The molecule has 0 N–H and O–H groups in total. The number of hydrogen-bond donors (Lipinski definition) is 0. The fourth-order valence-electron chi connectivity index (χ4n) is 3.82. The van der Waals surface area contributed by atoms with Gasteiger partial charge in [0.25, 0.3) is 0 Å². The first-order valence-corrected chi connectivity index (χ1v) is 16.2. The maximum absolute atomic E-state index is 11.0. The molecule has 43 heavy (non-hydrogen) atoms. The van der Waals surface area contributed by atoms with Gasteiger partial charge >= 0.3 is 6.18 Å². The molecule has 3 rings (SSSR count). The molecule has 2 atom stereocenters. The molecule has 0 saturated carbocycles. The molecule has 0 heterocycles. The molecule has 0 amide bonds. The number of ether oxygens (including phenoxy) is 4. The van der Waals surface area contributed by atoms with E-state index in [0.29, 0.717) is 13.2 Å². The largest absolute Gasteiger partial charge is 0.748 e. The van der Waals surface area contributed by atoms with Crippen LogP contribution in [0, 0.1) is 0 Å².